The van der Waals surface area contributed by atoms with Crippen LogP contribution in [0.25, 0.3) is 0 Å². The minimum absolute atomic E-state index is 0.249. The van der Waals surface area contributed by atoms with Crippen molar-refractivity contribution < 1.29 is 5.11 Å². The van der Waals surface area contributed by atoms with Crippen LogP contribution in [0.1, 0.15) is 11.1 Å². The van der Waals surface area contributed by atoms with Crippen molar-refractivity contribution in [1.29, 1.82) is 0 Å². The van der Waals surface area contributed by atoms with Gasteiger partial charge in [0.15, 0.2) is 0 Å². The Morgan fingerprint density at radius 2 is 1.04 bits per heavy atom. The van der Waals surface area contributed by atoms with Gasteiger partial charge in [0.1, 0.15) is 5.75 Å². The number of benzene rings is 3. The van der Waals surface area contributed by atoms with E-state index in [9.17, 15) is 5.11 Å². The highest BCUT2D eigenvalue weighted by Gasteiger charge is 2.01. The molecule has 3 N–H and O–H groups in total. The molecule has 0 fully saturated rings. The van der Waals surface area contributed by atoms with Gasteiger partial charge in [-0.1, -0.05) is 60.7 Å². The van der Waals surface area contributed by atoms with Crippen molar-refractivity contribution in [2.45, 2.75) is 13.1 Å². The van der Waals surface area contributed by atoms with Crippen LogP contribution in [-0.2, 0) is 13.1 Å². The third kappa shape index (κ3) is 4.51. The molecule has 0 bridgehead atoms. The van der Waals surface area contributed by atoms with E-state index in [1.807, 2.05) is 42.5 Å². The lowest BCUT2D eigenvalue weighted by Gasteiger charge is -2.11. The van der Waals surface area contributed by atoms with E-state index in [4.69, 9.17) is 0 Å². The molecule has 0 atom stereocenters. The molecule has 3 aromatic carbocycles. The lowest BCUT2D eigenvalue weighted by molar-refractivity contribution is 0.476. The molecule has 0 saturated carbocycles. The van der Waals surface area contributed by atoms with Gasteiger partial charge in [0.2, 0.25) is 0 Å². The van der Waals surface area contributed by atoms with Crippen LogP contribution >= 0.6 is 0 Å². The first-order chi connectivity index (χ1) is 11.3. The van der Waals surface area contributed by atoms with Crippen LogP contribution in [0.15, 0.2) is 78.9 Å². The molecule has 116 valence electrons. The maximum atomic E-state index is 9.91. The largest absolute Gasteiger partial charge is 0.508 e. The van der Waals surface area contributed by atoms with Crippen molar-refractivity contribution in [2.75, 3.05) is 10.6 Å². The van der Waals surface area contributed by atoms with E-state index in [0.717, 1.165) is 24.5 Å². The number of nitrogens with one attached hydrogen (secondary N) is 2. The molecule has 0 spiro atoms. The van der Waals surface area contributed by atoms with E-state index >= 15 is 0 Å². The maximum absolute atomic E-state index is 9.91. The summed E-state index contributed by atoms with van der Waals surface area (Å²) in [6.07, 6.45) is 0. The third-order valence-electron chi connectivity index (χ3n) is 3.60. The molecule has 0 aliphatic rings. The van der Waals surface area contributed by atoms with Crippen molar-refractivity contribution in [3.63, 3.8) is 0 Å². The molecule has 0 aliphatic heterocycles. The zero-order valence-corrected chi connectivity index (χ0v) is 12.9. The van der Waals surface area contributed by atoms with Gasteiger partial charge in [-0.25, -0.2) is 0 Å². The van der Waals surface area contributed by atoms with Crippen molar-refractivity contribution >= 4 is 11.4 Å². The van der Waals surface area contributed by atoms with Crippen molar-refractivity contribution in [2.24, 2.45) is 0 Å². The highest BCUT2D eigenvalue weighted by molar-refractivity contribution is 5.61. The number of hydrogen-bond acceptors (Lipinski definition) is 3. The van der Waals surface area contributed by atoms with Crippen molar-refractivity contribution in [3.05, 3.63) is 90.0 Å². The molecule has 3 aromatic rings. The highest BCUT2D eigenvalue weighted by Crippen LogP contribution is 2.24. The fourth-order valence-corrected chi connectivity index (χ4v) is 2.42. The number of hydrogen-bond donors (Lipinski definition) is 3. The zero-order valence-electron chi connectivity index (χ0n) is 12.9. The van der Waals surface area contributed by atoms with Crippen LogP contribution in [0.3, 0.4) is 0 Å². The highest BCUT2D eigenvalue weighted by atomic mass is 16.3. The first-order valence-corrected chi connectivity index (χ1v) is 7.69. The lowest BCUT2D eigenvalue weighted by Crippen LogP contribution is -2.02. The van der Waals surface area contributed by atoms with Gasteiger partial charge in [-0.2, -0.15) is 0 Å². The van der Waals surface area contributed by atoms with E-state index in [0.29, 0.717) is 0 Å². The smallest absolute Gasteiger partial charge is 0.119 e. The Kier molecular flexibility index (Phi) is 4.79. The zero-order chi connectivity index (χ0) is 15.9. The van der Waals surface area contributed by atoms with Crippen molar-refractivity contribution in [3.8, 4) is 5.75 Å². The average Bonchev–Trinajstić information content (AvgIpc) is 2.60. The van der Waals surface area contributed by atoms with Crippen molar-refractivity contribution in [1.82, 2.24) is 0 Å². The maximum Gasteiger partial charge on any atom is 0.119 e. The molecule has 0 aliphatic carbocycles. The van der Waals surface area contributed by atoms with Gasteiger partial charge in [-0.3, -0.25) is 0 Å². The molecule has 0 aromatic heterocycles. The Morgan fingerprint density at radius 3 is 1.48 bits per heavy atom. The van der Waals surface area contributed by atoms with Crippen LogP contribution in [0, 0.1) is 0 Å². The minimum atomic E-state index is 0.249. The number of rotatable bonds is 6. The summed E-state index contributed by atoms with van der Waals surface area (Å²) in [5.74, 6) is 0.249. The second-order valence-electron chi connectivity index (χ2n) is 5.45. The molecule has 23 heavy (non-hydrogen) atoms. The molecule has 0 unspecified atom stereocenters. The van der Waals surface area contributed by atoms with Gasteiger partial charge in [0.05, 0.1) is 0 Å². The Morgan fingerprint density at radius 1 is 0.609 bits per heavy atom. The molecule has 0 saturated heterocycles. The van der Waals surface area contributed by atoms with E-state index in [-0.39, 0.29) is 5.75 Å². The predicted molar refractivity (Wildman–Crippen MR) is 95.6 cm³/mol. The van der Waals surface area contributed by atoms with Crippen LogP contribution in [0.4, 0.5) is 11.4 Å². The van der Waals surface area contributed by atoms with E-state index in [2.05, 4.69) is 34.9 Å². The summed E-state index contributed by atoms with van der Waals surface area (Å²) < 4.78 is 0. The molecular formula is C20H20N2O. The molecule has 3 rings (SSSR count). The number of anilines is 2. The Bertz CT molecular complexity index is 680. The first kappa shape index (κ1) is 15.0. The summed E-state index contributed by atoms with van der Waals surface area (Å²) >= 11 is 0. The van der Waals surface area contributed by atoms with Crippen LogP contribution in [-0.4, -0.2) is 5.11 Å². The quantitative estimate of drug-likeness (QED) is 0.623. The molecule has 3 nitrogen and oxygen atoms in total. The summed E-state index contributed by atoms with van der Waals surface area (Å²) in [5.41, 5.74) is 4.19. The molecule has 0 heterocycles. The summed E-state index contributed by atoms with van der Waals surface area (Å²) in [5, 5.41) is 16.6. The van der Waals surface area contributed by atoms with Gasteiger partial charge >= 0.3 is 0 Å². The molecular weight excluding hydrogens is 284 g/mol. The lowest BCUT2D eigenvalue weighted by atomic mass is 10.2. The Balaban J connectivity index is 1.64. The second kappa shape index (κ2) is 7.36. The van der Waals surface area contributed by atoms with Crippen LogP contribution in [0.5, 0.6) is 5.75 Å². The normalized spacial score (nSPS) is 10.3. The minimum Gasteiger partial charge on any atom is -0.508 e. The predicted octanol–water partition coefficient (Wildman–Crippen LogP) is 4.62. The van der Waals surface area contributed by atoms with Crippen LogP contribution < -0.4 is 10.6 Å². The number of phenolic OH excluding ortho intramolecular Hbond substituents is 1. The Labute approximate surface area is 136 Å². The number of aromatic hydroxyl groups is 1. The van der Waals surface area contributed by atoms with E-state index in [1.54, 1.807) is 12.1 Å². The second-order valence-corrected chi connectivity index (χ2v) is 5.45. The van der Waals surface area contributed by atoms with Gasteiger partial charge < -0.3 is 15.7 Å². The van der Waals surface area contributed by atoms with Crippen LogP contribution in [0.2, 0.25) is 0 Å². The standard InChI is InChI=1S/C20H20N2O/c23-20-12-18(21-14-16-7-3-1-4-8-16)11-19(13-20)22-15-17-9-5-2-6-10-17/h1-13,21-23H,14-15H2. The van der Waals surface area contributed by atoms with E-state index < -0.39 is 0 Å². The summed E-state index contributed by atoms with van der Waals surface area (Å²) in [4.78, 5) is 0. The molecule has 3 heteroatoms. The fraction of sp³-hybridized carbons (Fsp3) is 0.100. The average molecular weight is 304 g/mol. The Hall–Kier alpha value is -2.94. The summed E-state index contributed by atoms with van der Waals surface area (Å²) in [7, 11) is 0. The summed E-state index contributed by atoms with van der Waals surface area (Å²) in [6.45, 7) is 1.45. The topological polar surface area (TPSA) is 44.3 Å². The monoisotopic (exact) mass is 304 g/mol. The van der Waals surface area contributed by atoms with Gasteiger partial charge in [0.25, 0.3) is 0 Å². The SMILES string of the molecule is Oc1cc(NCc2ccccc2)cc(NCc2ccccc2)c1. The van der Waals surface area contributed by atoms with Gasteiger partial charge in [-0.05, 0) is 17.2 Å². The third-order valence-corrected chi connectivity index (χ3v) is 3.60. The van der Waals surface area contributed by atoms with Gasteiger partial charge in [-0.15, -0.1) is 0 Å². The molecule has 0 radical (unpaired) electrons. The number of phenols is 1. The fourth-order valence-electron chi connectivity index (χ4n) is 2.42. The van der Waals surface area contributed by atoms with E-state index in [1.165, 1.54) is 11.1 Å². The first-order valence-electron chi connectivity index (χ1n) is 7.69. The summed E-state index contributed by atoms with van der Waals surface area (Å²) in [6, 6.07) is 25.9. The molecule has 0 amide bonds. The van der Waals surface area contributed by atoms with Gasteiger partial charge in [0, 0.05) is 36.6 Å².